The van der Waals surface area contributed by atoms with Gasteiger partial charge in [-0.05, 0) is 42.8 Å². The zero-order valence-corrected chi connectivity index (χ0v) is 14.6. The average molecular weight is 363 g/mol. The number of fused-ring (bicyclic) bond motifs is 1. The first-order chi connectivity index (χ1) is 12.6. The number of rotatable bonds is 4. The number of aryl methyl sites for hydroxylation is 1. The first kappa shape index (κ1) is 16.2. The molecule has 0 saturated heterocycles. The summed E-state index contributed by atoms with van der Waals surface area (Å²) < 4.78 is 5.81. The number of nitrogens with zero attached hydrogens (tertiary/aromatic N) is 3. The summed E-state index contributed by atoms with van der Waals surface area (Å²) in [5.41, 5.74) is 4.13. The Morgan fingerprint density at radius 2 is 2.04 bits per heavy atom. The number of nitro groups is 1. The number of para-hydroxylation sites is 2. The highest BCUT2D eigenvalue weighted by Gasteiger charge is 2.10. The molecular formula is C19H13N3O3S. The molecule has 0 aliphatic rings. The van der Waals surface area contributed by atoms with Crippen LogP contribution in [0.4, 0.5) is 10.7 Å². The van der Waals surface area contributed by atoms with E-state index < -0.39 is 4.92 Å². The molecule has 0 spiro atoms. The molecule has 7 heteroatoms. The Labute approximate surface area is 152 Å². The quantitative estimate of drug-likeness (QED) is 0.271. The van der Waals surface area contributed by atoms with E-state index in [4.69, 9.17) is 4.42 Å². The molecular weight excluding hydrogens is 350 g/mol. The standard InChI is InChI=1S/C19H13N3O3S/c1-12-6-7-13(19-21-15-4-2-3-5-17(15)25-19)10-16(12)20-11-14-8-9-18(26-14)22(23)24/h2-11H,1H3. The fourth-order valence-electron chi connectivity index (χ4n) is 2.52. The van der Waals surface area contributed by atoms with Crippen molar-refractivity contribution in [2.24, 2.45) is 4.99 Å². The van der Waals surface area contributed by atoms with E-state index in [1.54, 1.807) is 12.3 Å². The maximum absolute atomic E-state index is 10.8. The Hall–Kier alpha value is -3.32. The summed E-state index contributed by atoms with van der Waals surface area (Å²) in [7, 11) is 0. The molecule has 4 aromatic rings. The van der Waals surface area contributed by atoms with Crippen LogP contribution in [0.15, 0.2) is 64.0 Å². The maximum atomic E-state index is 10.8. The van der Waals surface area contributed by atoms with Crippen LogP contribution in [0.3, 0.4) is 0 Å². The normalized spacial score (nSPS) is 11.4. The molecule has 0 aliphatic heterocycles. The van der Waals surface area contributed by atoms with E-state index in [0.717, 1.165) is 44.1 Å². The fourth-order valence-corrected chi connectivity index (χ4v) is 3.21. The van der Waals surface area contributed by atoms with Crippen LogP contribution < -0.4 is 0 Å². The van der Waals surface area contributed by atoms with Crippen molar-refractivity contribution in [3.05, 3.63) is 75.2 Å². The van der Waals surface area contributed by atoms with Crippen molar-refractivity contribution in [3.63, 3.8) is 0 Å². The molecule has 0 bridgehead atoms. The molecule has 2 heterocycles. The van der Waals surface area contributed by atoms with E-state index in [-0.39, 0.29) is 5.00 Å². The number of aliphatic imine (C=N–C) groups is 1. The largest absolute Gasteiger partial charge is 0.436 e. The van der Waals surface area contributed by atoms with E-state index in [1.165, 1.54) is 6.07 Å². The SMILES string of the molecule is Cc1ccc(-c2nc3ccccc3o2)cc1N=Cc1ccc([N+](=O)[O-])s1. The van der Waals surface area contributed by atoms with Crippen LogP contribution >= 0.6 is 11.3 Å². The van der Waals surface area contributed by atoms with Gasteiger partial charge >= 0.3 is 5.00 Å². The van der Waals surface area contributed by atoms with Crippen LogP contribution in [0.5, 0.6) is 0 Å². The zero-order valence-electron chi connectivity index (χ0n) is 13.7. The number of thiophene rings is 1. The third-order valence-corrected chi connectivity index (χ3v) is 4.84. The Morgan fingerprint density at radius 1 is 1.19 bits per heavy atom. The fraction of sp³-hybridized carbons (Fsp3) is 0.0526. The second kappa shape index (κ2) is 6.53. The van der Waals surface area contributed by atoms with Crippen LogP contribution in [0.1, 0.15) is 10.4 Å². The van der Waals surface area contributed by atoms with Gasteiger partial charge in [0.25, 0.3) is 0 Å². The van der Waals surface area contributed by atoms with E-state index in [0.29, 0.717) is 5.89 Å². The molecule has 0 aliphatic carbocycles. The van der Waals surface area contributed by atoms with Crippen LogP contribution in [-0.2, 0) is 0 Å². The van der Waals surface area contributed by atoms with Crippen molar-refractivity contribution in [2.45, 2.75) is 6.92 Å². The predicted octanol–water partition coefficient (Wildman–Crippen LogP) is 5.52. The van der Waals surface area contributed by atoms with E-state index in [9.17, 15) is 10.1 Å². The molecule has 26 heavy (non-hydrogen) atoms. The number of hydrogen-bond acceptors (Lipinski definition) is 6. The lowest BCUT2D eigenvalue weighted by molar-refractivity contribution is -0.380. The molecule has 4 rings (SSSR count). The van der Waals surface area contributed by atoms with Gasteiger partial charge in [-0.25, -0.2) is 4.98 Å². The smallest absolute Gasteiger partial charge is 0.324 e. The highest BCUT2D eigenvalue weighted by Crippen LogP contribution is 2.30. The Morgan fingerprint density at radius 3 is 2.81 bits per heavy atom. The summed E-state index contributed by atoms with van der Waals surface area (Å²) in [4.78, 5) is 20.1. The summed E-state index contributed by atoms with van der Waals surface area (Å²) in [5.74, 6) is 0.536. The highest BCUT2D eigenvalue weighted by molar-refractivity contribution is 7.16. The first-order valence-corrected chi connectivity index (χ1v) is 8.67. The molecule has 0 N–H and O–H groups in total. The van der Waals surface area contributed by atoms with Gasteiger partial charge in [-0.1, -0.05) is 29.5 Å². The van der Waals surface area contributed by atoms with Gasteiger partial charge in [0.05, 0.1) is 15.5 Å². The topological polar surface area (TPSA) is 81.5 Å². The Bertz CT molecular complexity index is 1110. The van der Waals surface area contributed by atoms with E-state index >= 15 is 0 Å². The van der Waals surface area contributed by atoms with Crippen molar-refractivity contribution < 1.29 is 9.34 Å². The summed E-state index contributed by atoms with van der Waals surface area (Å²) in [6, 6.07) is 16.6. The molecule has 2 aromatic heterocycles. The minimum atomic E-state index is -0.402. The van der Waals surface area contributed by atoms with Gasteiger partial charge in [0.2, 0.25) is 5.89 Å². The highest BCUT2D eigenvalue weighted by atomic mass is 32.1. The molecule has 0 amide bonds. The zero-order chi connectivity index (χ0) is 18.1. The van der Waals surface area contributed by atoms with Crippen molar-refractivity contribution in [2.75, 3.05) is 0 Å². The predicted molar refractivity (Wildman–Crippen MR) is 102 cm³/mol. The number of benzene rings is 2. The van der Waals surface area contributed by atoms with Gasteiger partial charge in [0.15, 0.2) is 5.58 Å². The number of hydrogen-bond donors (Lipinski definition) is 0. The van der Waals surface area contributed by atoms with Gasteiger partial charge in [0, 0.05) is 17.8 Å². The summed E-state index contributed by atoms with van der Waals surface area (Å²) >= 11 is 1.09. The third kappa shape index (κ3) is 3.12. The summed E-state index contributed by atoms with van der Waals surface area (Å²) in [6.07, 6.45) is 1.63. The first-order valence-electron chi connectivity index (χ1n) is 7.85. The molecule has 0 unspecified atom stereocenters. The van der Waals surface area contributed by atoms with Crippen molar-refractivity contribution >= 4 is 39.3 Å². The van der Waals surface area contributed by atoms with E-state index in [1.807, 2.05) is 49.4 Å². The van der Waals surface area contributed by atoms with Crippen LogP contribution in [0, 0.1) is 17.0 Å². The van der Waals surface area contributed by atoms with Gasteiger partial charge < -0.3 is 4.42 Å². The van der Waals surface area contributed by atoms with Crippen LogP contribution in [0.25, 0.3) is 22.6 Å². The maximum Gasteiger partial charge on any atom is 0.324 e. The second-order valence-corrected chi connectivity index (χ2v) is 6.77. The number of aromatic nitrogens is 1. The molecule has 0 radical (unpaired) electrons. The third-order valence-electron chi connectivity index (χ3n) is 3.87. The molecule has 0 fully saturated rings. The van der Waals surface area contributed by atoms with Gasteiger partial charge in [-0.15, -0.1) is 0 Å². The monoisotopic (exact) mass is 363 g/mol. The average Bonchev–Trinajstić information content (AvgIpc) is 3.28. The summed E-state index contributed by atoms with van der Waals surface area (Å²) in [5, 5.41) is 10.9. The van der Waals surface area contributed by atoms with Crippen LogP contribution in [0.2, 0.25) is 0 Å². The lowest BCUT2D eigenvalue weighted by Gasteiger charge is -2.02. The van der Waals surface area contributed by atoms with Gasteiger partial charge in [-0.3, -0.25) is 15.1 Å². The Kier molecular flexibility index (Phi) is 4.06. The second-order valence-electron chi connectivity index (χ2n) is 5.68. The van der Waals surface area contributed by atoms with Gasteiger partial charge in [-0.2, -0.15) is 0 Å². The van der Waals surface area contributed by atoms with Crippen molar-refractivity contribution in [3.8, 4) is 11.5 Å². The Balaban J connectivity index is 1.67. The number of oxazole rings is 1. The minimum Gasteiger partial charge on any atom is -0.436 e. The molecule has 128 valence electrons. The van der Waals surface area contributed by atoms with Crippen molar-refractivity contribution in [1.29, 1.82) is 0 Å². The lowest BCUT2D eigenvalue weighted by Crippen LogP contribution is -1.82. The lowest BCUT2D eigenvalue weighted by atomic mass is 10.1. The molecule has 6 nitrogen and oxygen atoms in total. The van der Waals surface area contributed by atoms with E-state index in [2.05, 4.69) is 9.98 Å². The molecule has 2 aromatic carbocycles. The van der Waals surface area contributed by atoms with Gasteiger partial charge in [0.1, 0.15) is 5.52 Å². The molecule has 0 atom stereocenters. The van der Waals surface area contributed by atoms with Crippen LogP contribution in [-0.4, -0.2) is 16.1 Å². The van der Waals surface area contributed by atoms with Crippen molar-refractivity contribution in [1.82, 2.24) is 4.98 Å². The minimum absolute atomic E-state index is 0.100. The molecule has 0 saturated carbocycles. The summed E-state index contributed by atoms with van der Waals surface area (Å²) in [6.45, 7) is 1.96.